The number of thiocarbonyl (C=S) groups is 1. The molecular formula is C10H16N4OS2. The molecule has 94 valence electrons. The second-order valence-corrected chi connectivity index (χ2v) is 4.86. The number of aryl methyl sites for hydroxylation is 1. The van der Waals surface area contributed by atoms with Gasteiger partial charge in [0.15, 0.2) is 0 Å². The van der Waals surface area contributed by atoms with Crippen molar-refractivity contribution in [3.63, 3.8) is 0 Å². The van der Waals surface area contributed by atoms with Gasteiger partial charge in [-0.25, -0.2) is 0 Å². The lowest BCUT2D eigenvalue weighted by atomic mass is 10.2. The van der Waals surface area contributed by atoms with E-state index in [1.807, 2.05) is 6.92 Å². The van der Waals surface area contributed by atoms with E-state index < -0.39 is 0 Å². The molecule has 0 bridgehead atoms. The fraction of sp³-hybridized carbons (Fsp3) is 0.600. The lowest BCUT2D eigenvalue weighted by Gasteiger charge is -2.03. The maximum absolute atomic E-state index is 11.8. The fourth-order valence-electron chi connectivity index (χ4n) is 1.32. The Balaban J connectivity index is 2.28. The third-order valence-corrected chi connectivity index (χ3v) is 3.20. The number of carbonyl (C=O) groups excluding carboxylic acids is 1. The van der Waals surface area contributed by atoms with Crippen LogP contribution in [0.1, 0.15) is 41.6 Å². The summed E-state index contributed by atoms with van der Waals surface area (Å²) in [6.07, 6.45) is 3.22. The van der Waals surface area contributed by atoms with Gasteiger partial charge in [0.2, 0.25) is 0 Å². The van der Waals surface area contributed by atoms with Crippen molar-refractivity contribution in [2.24, 2.45) is 5.73 Å². The molecule has 3 N–H and O–H groups in total. The summed E-state index contributed by atoms with van der Waals surface area (Å²) >= 11 is 5.91. The second kappa shape index (κ2) is 7.29. The second-order valence-electron chi connectivity index (χ2n) is 3.58. The molecular weight excluding hydrogens is 256 g/mol. The van der Waals surface area contributed by atoms with Gasteiger partial charge in [-0.15, -0.1) is 5.10 Å². The van der Waals surface area contributed by atoms with Crippen molar-refractivity contribution in [1.29, 1.82) is 0 Å². The molecule has 0 aliphatic carbocycles. The van der Waals surface area contributed by atoms with Gasteiger partial charge >= 0.3 is 0 Å². The molecule has 1 aromatic rings. The first-order chi connectivity index (χ1) is 8.15. The predicted octanol–water partition coefficient (Wildman–Crippen LogP) is 1.29. The molecule has 5 nitrogen and oxygen atoms in total. The third kappa shape index (κ3) is 4.74. The van der Waals surface area contributed by atoms with Crippen molar-refractivity contribution < 1.29 is 4.79 Å². The third-order valence-electron chi connectivity index (χ3n) is 2.23. The summed E-state index contributed by atoms with van der Waals surface area (Å²) in [4.78, 5) is 12.9. The Morgan fingerprint density at radius 3 is 2.94 bits per heavy atom. The maximum atomic E-state index is 11.8. The molecule has 7 heteroatoms. The van der Waals surface area contributed by atoms with Crippen LogP contribution in [0, 0.1) is 0 Å². The number of rotatable bonds is 7. The monoisotopic (exact) mass is 272 g/mol. The Morgan fingerprint density at radius 1 is 1.53 bits per heavy atom. The van der Waals surface area contributed by atoms with Crippen molar-refractivity contribution in [1.82, 2.24) is 14.9 Å². The fourth-order valence-corrected chi connectivity index (χ4v) is 2.13. The molecule has 0 saturated carbocycles. The van der Waals surface area contributed by atoms with Crippen LogP contribution in [0.15, 0.2) is 0 Å². The van der Waals surface area contributed by atoms with Gasteiger partial charge in [-0.05, 0) is 37.2 Å². The van der Waals surface area contributed by atoms with Crippen LogP contribution in [-0.2, 0) is 6.42 Å². The highest BCUT2D eigenvalue weighted by molar-refractivity contribution is 7.80. The minimum absolute atomic E-state index is 0.0906. The Bertz CT molecular complexity index is 391. The average Bonchev–Trinajstić information content (AvgIpc) is 2.75. The summed E-state index contributed by atoms with van der Waals surface area (Å²) in [5, 5.41) is 6.74. The topological polar surface area (TPSA) is 80.9 Å². The van der Waals surface area contributed by atoms with Crippen LogP contribution in [0.4, 0.5) is 0 Å². The molecule has 1 aromatic heterocycles. The van der Waals surface area contributed by atoms with Gasteiger partial charge in [0.1, 0.15) is 4.88 Å². The molecule has 1 amide bonds. The SMILES string of the molecule is CCc1nnsc1C(=O)NCCCCC(N)=S. The zero-order chi connectivity index (χ0) is 12.7. The summed E-state index contributed by atoms with van der Waals surface area (Å²) in [5.41, 5.74) is 6.14. The molecule has 0 atom stereocenters. The molecule has 1 rings (SSSR count). The normalized spacial score (nSPS) is 10.2. The largest absolute Gasteiger partial charge is 0.393 e. The minimum Gasteiger partial charge on any atom is -0.393 e. The van der Waals surface area contributed by atoms with E-state index in [1.165, 1.54) is 0 Å². The van der Waals surface area contributed by atoms with E-state index in [2.05, 4.69) is 14.9 Å². The zero-order valence-electron chi connectivity index (χ0n) is 9.73. The number of amides is 1. The van der Waals surface area contributed by atoms with E-state index in [1.54, 1.807) is 0 Å². The maximum Gasteiger partial charge on any atom is 0.264 e. The molecule has 1 heterocycles. The zero-order valence-corrected chi connectivity index (χ0v) is 11.4. The van der Waals surface area contributed by atoms with Gasteiger partial charge in [-0.1, -0.05) is 23.6 Å². The van der Waals surface area contributed by atoms with Crippen molar-refractivity contribution in [3.8, 4) is 0 Å². The van der Waals surface area contributed by atoms with E-state index >= 15 is 0 Å². The Morgan fingerprint density at radius 2 is 2.29 bits per heavy atom. The summed E-state index contributed by atoms with van der Waals surface area (Å²) < 4.78 is 3.78. The predicted molar refractivity (Wildman–Crippen MR) is 72.3 cm³/mol. The summed E-state index contributed by atoms with van der Waals surface area (Å²) in [6.45, 7) is 2.58. The van der Waals surface area contributed by atoms with Crippen molar-refractivity contribution in [2.45, 2.75) is 32.6 Å². The lowest BCUT2D eigenvalue weighted by Crippen LogP contribution is -2.24. The van der Waals surface area contributed by atoms with Gasteiger partial charge in [0.25, 0.3) is 5.91 Å². The van der Waals surface area contributed by atoms with Gasteiger partial charge in [-0.2, -0.15) is 0 Å². The molecule has 0 aliphatic rings. The first kappa shape index (κ1) is 14.0. The smallest absolute Gasteiger partial charge is 0.264 e. The van der Waals surface area contributed by atoms with E-state index in [9.17, 15) is 4.79 Å². The van der Waals surface area contributed by atoms with Crippen LogP contribution in [0.2, 0.25) is 0 Å². The van der Waals surface area contributed by atoms with E-state index in [4.69, 9.17) is 18.0 Å². The number of nitrogens with two attached hydrogens (primary N) is 1. The summed E-state index contributed by atoms with van der Waals surface area (Å²) in [7, 11) is 0. The van der Waals surface area contributed by atoms with Gasteiger partial charge in [0.05, 0.1) is 10.7 Å². The van der Waals surface area contributed by atoms with Crippen molar-refractivity contribution >= 4 is 34.6 Å². The molecule has 17 heavy (non-hydrogen) atoms. The number of nitrogens with zero attached hydrogens (tertiary/aromatic N) is 2. The molecule has 0 aliphatic heterocycles. The van der Waals surface area contributed by atoms with Crippen LogP contribution in [0.25, 0.3) is 0 Å². The summed E-state index contributed by atoms with van der Waals surface area (Å²) in [5.74, 6) is -0.0906. The molecule has 0 saturated heterocycles. The average molecular weight is 272 g/mol. The van der Waals surface area contributed by atoms with Gasteiger partial charge < -0.3 is 11.1 Å². The Hall–Kier alpha value is -1.08. The molecule has 0 fully saturated rings. The number of hydrogen-bond acceptors (Lipinski definition) is 5. The first-order valence-electron chi connectivity index (χ1n) is 5.52. The summed E-state index contributed by atoms with van der Waals surface area (Å²) in [6, 6.07) is 0. The highest BCUT2D eigenvalue weighted by Crippen LogP contribution is 2.10. The first-order valence-corrected chi connectivity index (χ1v) is 6.71. The number of carbonyl (C=O) groups is 1. The van der Waals surface area contributed by atoms with Crippen molar-refractivity contribution in [3.05, 3.63) is 10.6 Å². The Kier molecular flexibility index (Phi) is 5.99. The van der Waals surface area contributed by atoms with Crippen LogP contribution >= 0.6 is 23.8 Å². The number of unbranched alkanes of at least 4 members (excludes halogenated alkanes) is 1. The van der Waals surface area contributed by atoms with Crippen LogP contribution in [0.3, 0.4) is 0 Å². The van der Waals surface area contributed by atoms with Crippen LogP contribution in [0.5, 0.6) is 0 Å². The number of hydrogen-bond donors (Lipinski definition) is 2. The Labute approximate surface area is 110 Å². The van der Waals surface area contributed by atoms with E-state index in [0.717, 1.165) is 42.9 Å². The number of nitrogens with one attached hydrogen (secondary N) is 1. The quantitative estimate of drug-likeness (QED) is 0.577. The lowest BCUT2D eigenvalue weighted by molar-refractivity contribution is 0.0956. The van der Waals surface area contributed by atoms with Gasteiger partial charge in [-0.3, -0.25) is 4.79 Å². The van der Waals surface area contributed by atoms with Gasteiger partial charge in [0, 0.05) is 6.54 Å². The van der Waals surface area contributed by atoms with Crippen LogP contribution < -0.4 is 11.1 Å². The molecule has 0 radical (unpaired) electrons. The standard InChI is InChI=1S/C10H16N4OS2/c1-2-7-9(17-14-13-7)10(15)12-6-4-3-5-8(11)16/h2-6H2,1H3,(H2,11,16)(H,12,15). The number of aromatic nitrogens is 2. The highest BCUT2D eigenvalue weighted by Gasteiger charge is 2.13. The minimum atomic E-state index is -0.0906. The van der Waals surface area contributed by atoms with E-state index in [-0.39, 0.29) is 5.91 Å². The van der Waals surface area contributed by atoms with Crippen molar-refractivity contribution in [2.75, 3.05) is 6.54 Å². The molecule has 0 unspecified atom stereocenters. The molecule has 0 aromatic carbocycles. The highest BCUT2D eigenvalue weighted by atomic mass is 32.1. The molecule has 0 spiro atoms. The van der Waals surface area contributed by atoms with E-state index in [0.29, 0.717) is 16.4 Å². The van der Waals surface area contributed by atoms with Crippen LogP contribution in [-0.4, -0.2) is 27.0 Å².